The Labute approximate surface area is 412 Å². The maximum atomic E-state index is 12.7. The Morgan fingerprint density at radius 1 is 0.323 bits per heavy atom. The zero-order valence-electron chi connectivity index (χ0n) is 45.0. The van der Waals surface area contributed by atoms with Crippen molar-refractivity contribution < 1.29 is 19.1 Å². The molecule has 0 bridgehead atoms. The number of hydrogen-bond acceptors (Lipinski definition) is 0. The molecule has 3 rings (SSSR count). The Kier molecular flexibility index (Phi) is 34.5. The Morgan fingerprint density at radius 3 is 0.877 bits per heavy atom. The molecule has 0 radical (unpaired) electrons. The fourth-order valence-electron chi connectivity index (χ4n) is 9.67. The van der Waals surface area contributed by atoms with Crippen LogP contribution in [0.4, 0.5) is 0 Å². The molecule has 0 fully saturated rings. The summed E-state index contributed by atoms with van der Waals surface area (Å²) in [4.78, 5) is 0. The number of aryl methyl sites for hydroxylation is 4. The molecule has 0 N–H and O–H groups in total. The third-order valence-corrected chi connectivity index (χ3v) is 15.1. The molecule has 374 valence electrons. The molecule has 0 saturated carbocycles. The first-order valence-corrected chi connectivity index (χ1v) is 30.0. The Hall–Kier alpha value is -1.99. The zero-order valence-corrected chi connectivity index (χ0v) is 46.0. The van der Waals surface area contributed by atoms with E-state index in [2.05, 4.69) is 93.5 Å². The molecule has 0 saturated heterocycles. The average molecular weight is 938 g/mol. The van der Waals surface area contributed by atoms with Gasteiger partial charge in [-0.25, -0.2) is 4.70 Å². The third kappa shape index (κ3) is 21.5. The standard InChI is InChI=1S/C48H76N2.2C7H15.Ni/c1-9-17-25-37-33-41(34-38(26-18-10-2)43(37)29-21-13-5)47-45(31-23-15-7)46(32-24-16-8)48(50(47)49)42-35-39(27-19-11-3)44(30-22-14-6)40(36-42)28-20-12-4;2*1-3-5-7-6-4-2;/h33-36H,9-32H2,1-8H3;2*1,3-7H2,2H3;. The first kappa shape index (κ1) is 59.1. The van der Waals surface area contributed by atoms with E-state index in [4.69, 9.17) is 0 Å². The minimum atomic E-state index is 1.03. The molecule has 1 aliphatic rings. The van der Waals surface area contributed by atoms with E-state index in [0.717, 1.165) is 75.6 Å². The van der Waals surface area contributed by atoms with Crippen LogP contribution in [0.3, 0.4) is 0 Å². The topological polar surface area (TPSA) is 25.3 Å². The van der Waals surface area contributed by atoms with Crippen molar-refractivity contribution in [1.82, 2.24) is 0 Å². The first-order chi connectivity index (χ1) is 31.8. The molecule has 65 heavy (non-hydrogen) atoms. The number of hydrogen-bond donors (Lipinski definition) is 0. The van der Waals surface area contributed by atoms with Crippen LogP contribution in [0.2, 0.25) is 10.8 Å². The van der Waals surface area contributed by atoms with Gasteiger partial charge in [0.25, 0.3) is 0 Å². The molecule has 3 heteroatoms. The van der Waals surface area contributed by atoms with Crippen molar-refractivity contribution in [2.45, 2.75) is 298 Å². The summed E-state index contributed by atoms with van der Waals surface area (Å²) >= 11 is 2.00. The molecule has 1 heterocycles. The number of benzene rings is 2. The fourth-order valence-corrected chi connectivity index (χ4v) is 10.9. The predicted molar refractivity (Wildman–Crippen MR) is 288 cm³/mol. The van der Waals surface area contributed by atoms with E-state index in [1.54, 1.807) is 15.8 Å². The second-order valence-electron chi connectivity index (χ2n) is 19.6. The quantitative estimate of drug-likeness (QED) is 0.0364. The van der Waals surface area contributed by atoms with Crippen LogP contribution in [0.5, 0.6) is 0 Å². The Balaban J connectivity index is 0.000000824. The van der Waals surface area contributed by atoms with Crippen molar-refractivity contribution in [3.05, 3.63) is 85.5 Å². The van der Waals surface area contributed by atoms with Gasteiger partial charge in [-0.2, -0.15) is 0 Å². The van der Waals surface area contributed by atoms with Crippen LogP contribution in [-0.4, -0.2) is 4.70 Å². The molecule has 2 nitrogen and oxygen atoms in total. The van der Waals surface area contributed by atoms with E-state index >= 15 is 0 Å². The van der Waals surface area contributed by atoms with Crippen molar-refractivity contribution in [3.8, 4) is 0 Å². The first-order valence-electron chi connectivity index (χ1n) is 28.6. The summed E-state index contributed by atoms with van der Waals surface area (Å²) in [5.74, 6) is 0. The molecular weight excluding hydrogens is 831 g/mol. The van der Waals surface area contributed by atoms with E-state index in [1.807, 2.05) is 14.4 Å². The number of allylic oxidation sites excluding steroid dienone is 2. The molecule has 0 aromatic heterocycles. The van der Waals surface area contributed by atoms with Gasteiger partial charge >= 0.3 is 103 Å². The van der Waals surface area contributed by atoms with Crippen LogP contribution in [0.25, 0.3) is 16.9 Å². The number of unbranched alkanes of at least 4 members (excludes halogenated alkanes) is 16. The summed E-state index contributed by atoms with van der Waals surface area (Å²) in [6, 6.07) is 10.0. The summed E-state index contributed by atoms with van der Waals surface area (Å²) in [6.45, 7) is 23.1. The van der Waals surface area contributed by atoms with Gasteiger partial charge in [-0.05, 0) is 160 Å². The summed E-state index contributed by atoms with van der Waals surface area (Å²) < 4.78 is 1.69. The van der Waals surface area contributed by atoms with Crippen LogP contribution in [-0.2, 0) is 53.0 Å². The van der Waals surface area contributed by atoms with Crippen LogP contribution < -0.4 is 0 Å². The molecular formula is C62H106N2Ni. The van der Waals surface area contributed by atoms with Gasteiger partial charge in [0.2, 0.25) is 11.4 Å². The van der Waals surface area contributed by atoms with Crippen molar-refractivity contribution in [3.63, 3.8) is 0 Å². The SMILES string of the molecule is CCCCC1=C(c2cc(CCCC)c(CCCC)c(CCCC)c2)[N+](=[N-])C(c2cc(CCCC)c(CCCC)c(CCCC)c2)=C1CCCC.CCCCCC[CH2][Ni][CH2]CCCCCC. The van der Waals surface area contributed by atoms with Gasteiger partial charge < -0.3 is 5.53 Å². The van der Waals surface area contributed by atoms with Crippen LogP contribution in [0.15, 0.2) is 35.4 Å². The molecule has 0 atom stereocenters. The molecule has 0 unspecified atom stereocenters. The Bertz CT molecular complexity index is 1450. The van der Waals surface area contributed by atoms with Gasteiger partial charge in [0, 0.05) is 22.3 Å². The van der Waals surface area contributed by atoms with Crippen LogP contribution in [0, 0.1) is 0 Å². The van der Waals surface area contributed by atoms with Gasteiger partial charge in [0.05, 0.1) is 0 Å². The van der Waals surface area contributed by atoms with Gasteiger partial charge in [-0.1, -0.05) is 107 Å². The van der Waals surface area contributed by atoms with Crippen molar-refractivity contribution >= 4 is 11.4 Å². The molecule has 0 amide bonds. The molecule has 0 spiro atoms. The van der Waals surface area contributed by atoms with Crippen LogP contribution >= 0.6 is 0 Å². The summed E-state index contributed by atoms with van der Waals surface area (Å²) in [6.07, 6.45) is 42.6. The second kappa shape index (κ2) is 37.9. The molecule has 2 aromatic carbocycles. The normalized spacial score (nSPS) is 12.9. The third-order valence-electron chi connectivity index (χ3n) is 13.8. The summed E-state index contributed by atoms with van der Waals surface area (Å²) in [5.41, 5.74) is 29.5. The average Bonchev–Trinajstić information content (AvgIpc) is 3.60. The zero-order chi connectivity index (χ0) is 47.5. The monoisotopic (exact) mass is 937 g/mol. The molecule has 0 aliphatic carbocycles. The summed E-state index contributed by atoms with van der Waals surface area (Å²) in [5, 5.41) is 2.84. The van der Waals surface area contributed by atoms with Gasteiger partial charge in [-0.15, -0.1) is 0 Å². The Morgan fingerprint density at radius 2 is 0.585 bits per heavy atom. The van der Waals surface area contributed by atoms with Gasteiger partial charge in [0.15, 0.2) is 0 Å². The predicted octanol–water partition coefficient (Wildman–Crippen LogP) is 21.1. The van der Waals surface area contributed by atoms with Crippen molar-refractivity contribution in [2.24, 2.45) is 0 Å². The van der Waals surface area contributed by atoms with E-state index in [9.17, 15) is 5.53 Å². The summed E-state index contributed by atoms with van der Waals surface area (Å²) in [7, 11) is 0. The second-order valence-corrected chi connectivity index (χ2v) is 21.1. The maximum absolute atomic E-state index is 12.7. The van der Waals surface area contributed by atoms with Crippen molar-refractivity contribution in [1.29, 1.82) is 0 Å². The van der Waals surface area contributed by atoms with E-state index in [-0.39, 0.29) is 0 Å². The minimum absolute atomic E-state index is 1.03. The van der Waals surface area contributed by atoms with E-state index in [1.165, 1.54) is 209 Å². The van der Waals surface area contributed by atoms with E-state index in [0.29, 0.717) is 0 Å². The van der Waals surface area contributed by atoms with Gasteiger partial charge in [-0.3, -0.25) is 0 Å². The van der Waals surface area contributed by atoms with Crippen LogP contribution in [0.1, 0.15) is 294 Å². The van der Waals surface area contributed by atoms with E-state index < -0.39 is 0 Å². The number of nitrogens with zero attached hydrogens (tertiary/aromatic N) is 2. The molecule has 1 aliphatic heterocycles. The van der Waals surface area contributed by atoms with Gasteiger partial charge in [0.1, 0.15) is 0 Å². The van der Waals surface area contributed by atoms with Crippen molar-refractivity contribution in [2.75, 3.05) is 0 Å². The fraction of sp³-hybridized carbons (Fsp3) is 0.742. The number of rotatable bonds is 38. The molecule has 2 aromatic rings.